The van der Waals surface area contributed by atoms with Crippen molar-refractivity contribution >= 4 is 27.4 Å². The van der Waals surface area contributed by atoms with Crippen LogP contribution in [0.25, 0.3) is 0 Å². The molecule has 40 heavy (non-hydrogen) atoms. The van der Waals surface area contributed by atoms with E-state index >= 15 is 0 Å². The Bertz CT molecular complexity index is 1460. The van der Waals surface area contributed by atoms with Gasteiger partial charge in [-0.2, -0.15) is 13.2 Å². The largest absolute Gasteiger partial charge is 0.433 e. The van der Waals surface area contributed by atoms with E-state index in [1.807, 2.05) is 0 Å². The van der Waals surface area contributed by atoms with Gasteiger partial charge in [-0.05, 0) is 60.2 Å². The fourth-order valence-electron chi connectivity index (χ4n) is 4.60. The highest BCUT2D eigenvalue weighted by Gasteiger charge is 2.34. The molecular weight excluding hydrogens is 550 g/mol. The summed E-state index contributed by atoms with van der Waals surface area (Å²) in [6.07, 6.45) is 0.839. The topological polar surface area (TPSA) is 104 Å². The maximum atomic E-state index is 14.8. The van der Waals surface area contributed by atoms with Gasteiger partial charge in [-0.15, -0.1) is 0 Å². The van der Waals surface area contributed by atoms with Crippen LogP contribution in [0.4, 0.5) is 29.1 Å². The predicted molar refractivity (Wildman–Crippen MR) is 143 cm³/mol. The molecule has 8 nitrogen and oxygen atoms in total. The number of carbonyl (C=O) groups excluding carboxylic acids is 1. The summed E-state index contributed by atoms with van der Waals surface area (Å²) in [7, 11) is -3.73. The fourth-order valence-corrected chi connectivity index (χ4v) is 5.16. The van der Waals surface area contributed by atoms with E-state index in [0.29, 0.717) is 30.1 Å². The molecule has 214 valence electrons. The number of anilines is 2. The van der Waals surface area contributed by atoms with E-state index in [9.17, 15) is 30.8 Å². The highest BCUT2D eigenvalue weighted by molar-refractivity contribution is 7.92. The van der Waals surface area contributed by atoms with Crippen molar-refractivity contribution in [3.8, 4) is 0 Å². The number of carbonyl (C=O) groups is 1. The van der Waals surface area contributed by atoms with Crippen molar-refractivity contribution < 1.29 is 30.8 Å². The highest BCUT2D eigenvalue weighted by Crippen LogP contribution is 2.33. The van der Waals surface area contributed by atoms with Crippen molar-refractivity contribution in [3.05, 3.63) is 83.1 Å². The van der Waals surface area contributed by atoms with Gasteiger partial charge in [0.1, 0.15) is 17.3 Å². The molecule has 1 aliphatic heterocycles. The van der Waals surface area contributed by atoms with Crippen molar-refractivity contribution in [3.63, 3.8) is 0 Å². The number of amides is 1. The molecular formula is C27H29F4N5O3S. The Balaban J connectivity index is 1.63. The second kappa shape index (κ2) is 11.8. The second-order valence-corrected chi connectivity index (χ2v) is 11.6. The fraction of sp³-hybridized carbons (Fsp3) is 0.370. The average Bonchev–Trinajstić information content (AvgIpc) is 2.89. The van der Waals surface area contributed by atoms with Crippen LogP contribution in [0.2, 0.25) is 0 Å². The molecule has 0 radical (unpaired) electrons. The SMILES string of the molecule is CC1CCN(c2nc(C(F)(F)F)ccc2CNC(=O)C(c2ccncc2)c2ccc(NS(C)(=O)=O)c(F)c2)CC1. The van der Waals surface area contributed by atoms with Crippen LogP contribution in [0.1, 0.15) is 48.1 Å². The van der Waals surface area contributed by atoms with Gasteiger partial charge in [0.05, 0.1) is 17.9 Å². The first-order valence-electron chi connectivity index (χ1n) is 12.6. The van der Waals surface area contributed by atoms with Crippen LogP contribution in [0, 0.1) is 11.7 Å². The zero-order chi connectivity index (χ0) is 29.1. The molecule has 0 aliphatic carbocycles. The van der Waals surface area contributed by atoms with Crippen LogP contribution in [0.3, 0.4) is 0 Å². The Kier molecular flexibility index (Phi) is 8.62. The van der Waals surface area contributed by atoms with Crippen molar-refractivity contribution in [1.29, 1.82) is 0 Å². The molecule has 3 aromatic rings. The molecule has 0 saturated carbocycles. The molecule has 1 aliphatic rings. The van der Waals surface area contributed by atoms with Crippen molar-refractivity contribution in [2.24, 2.45) is 5.92 Å². The number of nitrogens with one attached hydrogen (secondary N) is 2. The van der Waals surface area contributed by atoms with Gasteiger partial charge in [0, 0.05) is 37.6 Å². The van der Waals surface area contributed by atoms with Gasteiger partial charge in [0.25, 0.3) is 0 Å². The van der Waals surface area contributed by atoms with Crippen molar-refractivity contribution in [1.82, 2.24) is 15.3 Å². The van der Waals surface area contributed by atoms with Crippen LogP contribution < -0.4 is 14.9 Å². The van der Waals surface area contributed by atoms with Gasteiger partial charge < -0.3 is 10.2 Å². The minimum atomic E-state index is -4.62. The van der Waals surface area contributed by atoms with Crippen LogP contribution in [0.5, 0.6) is 0 Å². The van der Waals surface area contributed by atoms with E-state index in [1.54, 1.807) is 17.0 Å². The number of aromatic nitrogens is 2. The quantitative estimate of drug-likeness (QED) is 0.376. The number of nitrogens with zero attached hydrogens (tertiary/aromatic N) is 3. The minimum Gasteiger partial charge on any atom is -0.356 e. The molecule has 0 spiro atoms. The molecule has 0 bridgehead atoms. The van der Waals surface area contributed by atoms with Gasteiger partial charge in [-0.1, -0.05) is 19.1 Å². The Morgan fingerprint density at radius 3 is 2.35 bits per heavy atom. The lowest BCUT2D eigenvalue weighted by atomic mass is 9.90. The summed E-state index contributed by atoms with van der Waals surface area (Å²) in [6.45, 7) is 3.07. The third-order valence-corrected chi connectivity index (χ3v) is 7.30. The normalized spacial score (nSPS) is 15.5. The Morgan fingerprint density at radius 2 is 1.75 bits per heavy atom. The summed E-state index contributed by atoms with van der Waals surface area (Å²) in [5.74, 6) is -1.79. The first-order valence-corrected chi connectivity index (χ1v) is 14.5. The number of rotatable bonds is 8. The number of pyridine rings is 2. The molecule has 1 unspecified atom stereocenters. The molecule has 3 heterocycles. The van der Waals surface area contributed by atoms with Crippen LogP contribution in [0.15, 0.2) is 54.9 Å². The Morgan fingerprint density at radius 1 is 1.07 bits per heavy atom. The number of piperidine rings is 1. The van der Waals surface area contributed by atoms with E-state index in [1.165, 1.54) is 30.6 Å². The summed E-state index contributed by atoms with van der Waals surface area (Å²) >= 11 is 0. The smallest absolute Gasteiger partial charge is 0.356 e. The first-order chi connectivity index (χ1) is 18.8. The maximum absolute atomic E-state index is 14.8. The lowest BCUT2D eigenvalue weighted by Gasteiger charge is -2.33. The maximum Gasteiger partial charge on any atom is 0.433 e. The van der Waals surface area contributed by atoms with Crippen LogP contribution in [-0.4, -0.2) is 43.6 Å². The standard InChI is InChI=1S/C27H29F4N5O3S/c1-17-9-13-36(14-10-17)25-20(4-6-23(34-25)27(29,30)31)16-33-26(37)24(18-7-11-32-12-8-18)19-3-5-22(21(28)15-19)35-40(2,38)39/h3-8,11-12,15,17,24,35H,9-10,13-14,16H2,1-2H3,(H,33,37). The number of sulfonamides is 1. The summed E-state index contributed by atoms with van der Waals surface area (Å²) < 4.78 is 80.3. The minimum absolute atomic E-state index is 0.108. The van der Waals surface area contributed by atoms with Crippen LogP contribution in [-0.2, 0) is 27.5 Å². The van der Waals surface area contributed by atoms with Gasteiger partial charge in [0.2, 0.25) is 15.9 Å². The summed E-state index contributed by atoms with van der Waals surface area (Å²) in [4.78, 5) is 23.2. The van der Waals surface area contributed by atoms with Crippen molar-refractivity contribution in [2.75, 3.05) is 29.0 Å². The third kappa shape index (κ3) is 7.26. The Hall–Kier alpha value is -3.74. The van der Waals surface area contributed by atoms with E-state index in [2.05, 4.69) is 26.9 Å². The molecule has 1 fully saturated rings. The van der Waals surface area contributed by atoms with Crippen LogP contribution >= 0.6 is 0 Å². The molecule has 1 saturated heterocycles. The van der Waals surface area contributed by atoms with E-state index < -0.39 is 39.5 Å². The molecule has 1 aromatic carbocycles. The molecule has 2 aromatic heterocycles. The van der Waals surface area contributed by atoms with E-state index in [4.69, 9.17) is 0 Å². The van der Waals surface area contributed by atoms with Gasteiger partial charge in [-0.3, -0.25) is 14.5 Å². The monoisotopic (exact) mass is 579 g/mol. The number of alkyl halides is 3. The predicted octanol–water partition coefficient (Wildman–Crippen LogP) is 4.69. The zero-order valence-electron chi connectivity index (χ0n) is 21.9. The van der Waals surface area contributed by atoms with E-state index in [-0.39, 0.29) is 23.6 Å². The zero-order valence-corrected chi connectivity index (χ0v) is 22.7. The van der Waals surface area contributed by atoms with Crippen molar-refractivity contribution in [2.45, 2.75) is 38.4 Å². The summed E-state index contributed by atoms with van der Waals surface area (Å²) in [6, 6.07) is 9.11. The molecule has 1 amide bonds. The van der Waals surface area contributed by atoms with Gasteiger partial charge >= 0.3 is 6.18 Å². The number of halogens is 4. The third-order valence-electron chi connectivity index (χ3n) is 6.71. The lowest BCUT2D eigenvalue weighted by Crippen LogP contribution is -2.36. The summed E-state index contributed by atoms with van der Waals surface area (Å²) in [5, 5.41) is 2.77. The molecule has 13 heteroatoms. The molecule has 4 rings (SSSR count). The number of hydrogen-bond acceptors (Lipinski definition) is 6. The number of benzene rings is 1. The first kappa shape index (κ1) is 29.2. The lowest BCUT2D eigenvalue weighted by molar-refractivity contribution is -0.141. The summed E-state index contributed by atoms with van der Waals surface area (Å²) in [5.41, 5.74) is -0.119. The average molecular weight is 580 g/mol. The number of hydrogen-bond donors (Lipinski definition) is 2. The Labute approximate surface area is 229 Å². The van der Waals surface area contributed by atoms with Gasteiger partial charge in [-0.25, -0.2) is 17.8 Å². The van der Waals surface area contributed by atoms with Gasteiger partial charge in [0.15, 0.2) is 0 Å². The second-order valence-electron chi connectivity index (χ2n) is 9.89. The molecule has 1 atom stereocenters. The molecule has 2 N–H and O–H groups in total. The van der Waals surface area contributed by atoms with E-state index in [0.717, 1.165) is 31.2 Å². The highest BCUT2D eigenvalue weighted by atomic mass is 32.2.